The van der Waals surface area contributed by atoms with Gasteiger partial charge in [-0.25, -0.2) is 0 Å². The first-order chi connectivity index (χ1) is 6.81. The van der Waals surface area contributed by atoms with Gasteiger partial charge in [0, 0.05) is 5.56 Å². The molecular formula is C10H10N2O2. The van der Waals surface area contributed by atoms with E-state index in [4.69, 9.17) is 9.63 Å². The summed E-state index contributed by atoms with van der Waals surface area (Å²) in [7, 11) is 0. The van der Waals surface area contributed by atoms with Crippen LogP contribution in [0.5, 0.6) is 0 Å². The van der Waals surface area contributed by atoms with Crippen LogP contribution in [0.4, 0.5) is 0 Å². The molecule has 0 fully saturated rings. The van der Waals surface area contributed by atoms with Gasteiger partial charge in [0.05, 0.1) is 0 Å². The lowest BCUT2D eigenvalue weighted by Gasteiger charge is -1.97. The van der Waals surface area contributed by atoms with Gasteiger partial charge in [0.25, 0.3) is 5.89 Å². The van der Waals surface area contributed by atoms with E-state index in [2.05, 4.69) is 10.1 Å². The van der Waals surface area contributed by atoms with E-state index < -0.39 is 0 Å². The Hall–Kier alpha value is -1.68. The Labute approximate surface area is 81.2 Å². The van der Waals surface area contributed by atoms with Crippen LogP contribution in [0.25, 0.3) is 11.4 Å². The monoisotopic (exact) mass is 190 g/mol. The van der Waals surface area contributed by atoms with Crippen molar-refractivity contribution < 1.29 is 9.63 Å². The van der Waals surface area contributed by atoms with Gasteiger partial charge in [-0.1, -0.05) is 29.4 Å². The second kappa shape index (κ2) is 3.59. The van der Waals surface area contributed by atoms with Crippen molar-refractivity contribution in [1.29, 1.82) is 0 Å². The SMILES string of the molecule is Cc1ccccc1-c1noc(CO)n1. The van der Waals surface area contributed by atoms with E-state index in [0.717, 1.165) is 11.1 Å². The Morgan fingerprint density at radius 2 is 2.14 bits per heavy atom. The smallest absolute Gasteiger partial charge is 0.252 e. The molecule has 0 spiro atoms. The highest BCUT2D eigenvalue weighted by molar-refractivity contribution is 5.58. The highest BCUT2D eigenvalue weighted by Gasteiger charge is 2.08. The van der Waals surface area contributed by atoms with Gasteiger partial charge in [0.2, 0.25) is 5.82 Å². The molecule has 4 heteroatoms. The van der Waals surface area contributed by atoms with Crippen LogP contribution in [0.3, 0.4) is 0 Å². The van der Waals surface area contributed by atoms with Crippen molar-refractivity contribution in [1.82, 2.24) is 10.1 Å². The molecule has 0 aliphatic rings. The van der Waals surface area contributed by atoms with Gasteiger partial charge in [-0.05, 0) is 12.5 Å². The minimum atomic E-state index is -0.223. The van der Waals surface area contributed by atoms with Crippen LogP contribution in [0.1, 0.15) is 11.5 Å². The number of aliphatic hydroxyl groups is 1. The summed E-state index contributed by atoms with van der Waals surface area (Å²) in [6, 6.07) is 7.76. The van der Waals surface area contributed by atoms with E-state index in [1.165, 1.54) is 0 Å². The van der Waals surface area contributed by atoms with Crippen LogP contribution in [-0.2, 0) is 6.61 Å². The molecule has 1 heterocycles. The third kappa shape index (κ3) is 1.52. The molecule has 0 amide bonds. The maximum absolute atomic E-state index is 8.77. The van der Waals surface area contributed by atoms with E-state index in [9.17, 15) is 0 Å². The first kappa shape index (κ1) is 8.90. The average molecular weight is 190 g/mol. The fraction of sp³-hybridized carbons (Fsp3) is 0.200. The van der Waals surface area contributed by atoms with Gasteiger partial charge < -0.3 is 9.63 Å². The van der Waals surface area contributed by atoms with Gasteiger partial charge in [-0.15, -0.1) is 0 Å². The number of aryl methyl sites for hydroxylation is 1. The predicted octanol–water partition coefficient (Wildman–Crippen LogP) is 1.54. The molecule has 1 aromatic carbocycles. The number of hydrogen-bond acceptors (Lipinski definition) is 4. The Morgan fingerprint density at radius 1 is 1.36 bits per heavy atom. The molecule has 4 nitrogen and oxygen atoms in total. The number of nitrogens with zero attached hydrogens (tertiary/aromatic N) is 2. The second-order valence-electron chi connectivity index (χ2n) is 2.98. The Bertz CT molecular complexity index is 437. The van der Waals surface area contributed by atoms with Crippen molar-refractivity contribution >= 4 is 0 Å². The third-order valence-corrected chi connectivity index (χ3v) is 1.99. The van der Waals surface area contributed by atoms with Crippen LogP contribution < -0.4 is 0 Å². The molecule has 0 radical (unpaired) electrons. The lowest BCUT2D eigenvalue weighted by atomic mass is 10.1. The number of rotatable bonds is 2. The molecule has 1 aromatic heterocycles. The summed E-state index contributed by atoms with van der Waals surface area (Å²) < 4.78 is 4.81. The van der Waals surface area contributed by atoms with Crippen molar-refractivity contribution in [3.8, 4) is 11.4 Å². The van der Waals surface area contributed by atoms with E-state index in [0.29, 0.717) is 5.82 Å². The van der Waals surface area contributed by atoms with Crippen LogP contribution in [0.2, 0.25) is 0 Å². The largest absolute Gasteiger partial charge is 0.387 e. The molecule has 0 aliphatic heterocycles. The molecular weight excluding hydrogens is 180 g/mol. The van der Waals surface area contributed by atoms with Gasteiger partial charge in [0.15, 0.2) is 0 Å². The Kier molecular flexibility index (Phi) is 2.28. The zero-order valence-corrected chi connectivity index (χ0v) is 7.77. The summed E-state index contributed by atoms with van der Waals surface area (Å²) in [4.78, 5) is 4.03. The second-order valence-corrected chi connectivity index (χ2v) is 2.98. The van der Waals surface area contributed by atoms with Crippen LogP contribution in [0, 0.1) is 6.92 Å². The van der Waals surface area contributed by atoms with Crippen molar-refractivity contribution in [2.45, 2.75) is 13.5 Å². The lowest BCUT2D eigenvalue weighted by Crippen LogP contribution is -1.86. The Morgan fingerprint density at radius 3 is 2.79 bits per heavy atom. The number of hydrogen-bond donors (Lipinski definition) is 1. The fourth-order valence-corrected chi connectivity index (χ4v) is 1.25. The highest BCUT2D eigenvalue weighted by Crippen LogP contribution is 2.19. The fourth-order valence-electron chi connectivity index (χ4n) is 1.25. The topological polar surface area (TPSA) is 59.2 Å². The normalized spacial score (nSPS) is 10.4. The maximum Gasteiger partial charge on any atom is 0.252 e. The summed E-state index contributed by atoms with van der Waals surface area (Å²) in [6.45, 7) is 1.75. The molecule has 0 saturated heterocycles. The number of aromatic nitrogens is 2. The molecule has 1 N–H and O–H groups in total. The van der Waals surface area contributed by atoms with Gasteiger partial charge in [-0.2, -0.15) is 4.98 Å². The molecule has 0 aliphatic carbocycles. The average Bonchev–Trinajstić information content (AvgIpc) is 2.67. The van der Waals surface area contributed by atoms with Crippen LogP contribution in [0.15, 0.2) is 28.8 Å². The molecule has 0 bridgehead atoms. The molecule has 0 unspecified atom stereocenters. The molecule has 2 rings (SSSR count). The van der Waals surface area contributed by atoms with Crippen LogP contribution in [-0.4, -0.2) is 15.2 Å². The van der Waals surface area contributed by atoms with Gasteiger partial charge in [0.1, 0.15) is 6.61 Å². The first-order valence-electron chi connectivity index (χ1n) is 4.30. The summed E-state index contributed by atoms with van der Waals surface area (Å²) in [5.41, 5.74) is 2.01. The highest BCUT2D eigenvalue weighted by atomic mass is 16.5. The molecule has 72 valence electrons. The lowest BCUT2D eigenvalue weighted by molar-refractivity contribution is 0.222. The Balaban J connectivity index is 2.44. The van der Waals surface area contributed by atoms with E-state index in [-0.39, 0.29) is 12.5 Å². The maximum atomic E-state index is 8.77. The summed E-state index contributed by atoms with van der Waals surface area (Å²) >= 11 is 0. The number of benzene rings is 1. The van der Waals surface area contributed by atoms with Crippen molar-refractivity contribution in [3.05, 3.63) is 35.7 Å². The minimum absolute atomic E-state index is 0.223. The number of aliphatic hydroxyl groups excluding tert-OH is 1. The zero-order chi connectivity index (χ0) is 9.97. The standard InChI is InChI=1S/C10H10N2O2/c1-7-4-2-3-5-8(7)10-11-9(6-13)14-12-10/h2-5,13H,6H2,1H3. The van der Waals surface area contributed by atoms with Crippen molar-refractivity contribution in [2.75, 3.05) is 0 Å². The van der Waals surface area contributed by atoms with Crippen LogP contribution >= 0.6 is 0 Å². The first-order valence-corrected chi connectivity index (χ1v) is 4.30. The van der Waals surface area contributed by atoms with Crippen molar-refractivity contribution in [2.24, 2.45) is 0 Å². The van der Waals surface area contributed by atoms with E-state index in [1.54, 1.807) is 0 Å². The third-order valence-electron chi connectivity index (χ3n) is 1.99. The minimum Gasteiger partial charge on any atom is -0.387 e. The zero-order valence-electron chi connectivity index (χ0n) is 7.77. The van der Waals surface area contributed by atoms with E-state index >= 15 is 0 Å². The quantitative estimate of drug-likeness (QED) is 0.780. The van der Waals surface area contributed by atoms with Crippen molar-refractivity contribution in [3.63, 3.8) is 0 Å². The predicted molar refractivity (Wildman–Crippen MR) is 50.4 cm³/mol. The molecule has 2 aromatic rings. The summed E-state index contributed by atoms with van der Waals surface area (Å²) in [5.74, 6) is 0.760. The molecule has 0 atom stereocenters. The molecule has 0 saturated carbocycles. The van der Waals surface area contributed by atoms with E-state index in [1.807, 2.05) is 31.2 Å². The van der Waals surface area contributed by atoms with Gasteiger partial charge in [-0.3, -0.25) is 0 Å². The van der Waals surface area contributed by atoms with Gasteiger partial charge >= 0.3 is 0 Å². The summed E-state index contributed by atoms with van der Waals surface area (Å²) in [6.07, 6.45) is 0. The molecule has 14 heavy (non-hydrogen) atoms. The summed E-state index contributed by atoms with van der Waals surface area (Å²) in [5, 5.41) is 12.5.